The number of amides is 1. The fraction of sp³-hybridized carbons (Fsp3) is 0.277. The van der Waals surface area contributed by atoms with Crippen molar-refractivity contribution in [1.82, 2.24) is 4.90 Å². The lowest BCUT2D eigenvalue weighted by Crippen LogP contribution is -2.67. The molecule has 0 aromatic heterocycles. The van der Waals surface area contributed by atoms with E-state index >= 15 is 0 Å². The summed E-state index contributed by atoms with van der Waals surface area (Å²) in [6.07, 6.45) is 1.38. The van der Waals surface area contributed by atoms with E-state index in [4.69, 9.17) is 18.6 Å². The van der Waals surface area contributed by atoms with Crippen molar-refractivity contribution in [2.24, 2.45) is 0 Å². The number of hydrogen-bond donors (Lipinski definition) is 0. The molecule has 1 amide bonds. The van der Waals surface area contributed by atoms with Crippen LogP contribution in [0.25, 0.3) is 0 Å². The van der Waals surface area contributed by atoms with Gasteiger partial charge in [-0.05, 0) is 45.1 Å². The third kappa shape index (κ3) is 9.58. The zero-order valence-corrected chi connectivity index (χ0v) is 33.1. The van der Waals surface area contributed by atoms with Crippen LogP contribution in [0.15, 0.2) is 164 Å². The Hall–Kier alpha value is -5.12. The number of ketones is 1. The molecule has 5 aromatic rings. The lowest BCUT2D eigenvalue weighted by atomic mass is 10.1. The van der Waals surface area contributed by atoms with Crippen molar-refractivity contribution >= 4 is 30.6 Å². The monoisotopic (exact) mass is 753 g/mol. The van der Waals surface area contributed by atoms with Crippen molar-refractivity contribution in [3.63, 3.8) is 0 Å². The van der Waals surface area contributed by atoms with Gasteiger partial charge < -0.3 is 18.6 Å². The summed E-state index contributed by atoms with van der Waals surface area (Å²) in [4.78, 5) is 28.8. The van der Waals surface area contributed by atoms with Crippen LogP contribution >= 0.6 is 0 Å². The van der Waals surface area contributed by atoms with Crippen LogP contribution < -0.4 is 10.4 Å². The third-order valence-electron chi connectivity index (χ3n) is 10.1. The summed E-state index contributed by atoms with van der Waals surface area (Å²) in [5.41, 5.74) is 2.82. The first-order chi connectivity index (χ1) is 26.7. The Labute approximate surface area is 326 Å². The molecule has 0 aliphatic carbocycles. The van der Waals surface area contributed by atoms with Gasteiger partial charge in [0.1, 0.15) is 18.8 Å². The maximum Gasteiger partial charge on any atom is 0.411 e. The van der Waals surface area contributed by atoms with Crippen LogP contribution in [-0.2, 0) is 43.3 Å². The maximum absolute atomic E-state index is 14.6. The molecule has 7 nitrogen and oxygen atoms in total. The van der Waals surface area contributed by atoms with E-state index in [-0.39, 0.29) is 37.2 Å². The van der Waals surface area contributed by atoms with Crippen molar-refractivity contribution in [2.45, 2.75) is 76.8 Å². The molecular weight excluding hydrogens is 703 g/mol. The molecule has 1 aliphatic rings. The topological polar surface area (TPSA) is 74.3 Å². The van der Waals surface area contributed by atoms with Crippen LogP contribution in [0.2, 0.25) is 5.04 Å². The van der Waals surface area contributed by atoms with E-state index in [1.807, 2.05) is 103 Å². The van der Waals surface area contributed by atoms with Gasteiger partial charge >= 0.3 is 6.09 Å². The van der Waals surface area contributed by atoms with Gasteiger partial charge in [0.2, 0.25) is 0 Å². The van der Waals surface area contributed by atoms with Crippen LogP contribution in [-0.4, -0.2) is 56.0 Å². The highest BCUT2D eigenvalue weighted by Crippen LogP contribution is 2.39. The van der Waals surface area contributed by atoms with Crippen molar-refractivity contribution < 1.29 is 28.2 Å². The van der Waals surface area contributed by atoms with Gasteiger partial charge in [0.25, 0.3) is 8.32 Å². The summed E-state index contributed by atoms with van der Waals surface area (Å²) in [5.74, 6) is -0.145. The Morgan fingerprint density at radius 2 is 1.04 bits per heavy atom. The van der Waals surface area contributed by atoms with Crippen LogP contribution in [0.4, 0.5) is 4.79 Å². The molecule has 0 saturated carbocycles. The first-order valence-corrected chi connectivity index (χ1v) is 20.8. The second kappa shape index (κ2) is 18.5. The lowest BCUT2D eigenvalue weighted by molar-refractivity contribution is -0.112. The fourth-order valence-corrected chi connectivity index (χ4v) is 12.1. The van der Waals surface area contributed by atoms with Crippen LogP contribution in [0, 0.1) is 0 Å². The van der Waals surface area contributed by atoms with Gasteiger partial charge in [0.15, 0.2) is 5.78 Å². The van der Waals surface area contributed by atoms with Crippen molar-refractivity contribution in [1.29, 1.82) is 0 Å². The molecule has 1 fully saturated rings. The van der Waals surface area contributed by atoms with E-state index in [2.05, 4.69) is 69.3 Å². The number of hydrogen-bond acceptors (Lipinski definition) is 6. The minimum Gasteiger partial charge on any atom is -0.445 e. The fourth-order valence-electron chi connectivity index (χ4n) is 7.52. The average Bonchev–Trinajstić information content (AvgIpc) is 3.50. The molecule has 1 aliphatic heterocycles. The smallest absolute Gasteiger partial charge is 0.411 e. The number of benzene rings is 5. The van der Waals surface area contributed by atoms with E-state index in [9.17, 15) is 9.59 Å². The molecule has 0 spiro atoms. The second-order valence-corrected chi connectivity index (χ2v) is 19.3. The van der Waals surface area contributed by atoms with E-state index in [0.29, 0.717) is 0 Å². The molecule has 1 heterocycles. The molecule has 0 bridgehead atoms. The Kier molecular flexibility index (Phi) is 13.3. The minimum absolute atomic E-state index is 0.0761. The number of likely N-dealkylation sites (tertiary alicyclic amines) is 1. The molecular formula is C47H51NO6Si. The summed E-state index contributed by atoms with van der Waals surface area (Å²) < 4.78 is 27.3. The quantitative estimate of drug-likeness (QED) is 0.0792. The third-order valence-corrected chi connectivity index (χ3v) is 15.1. The zero-order valence-electron chi connectivity index (χ0n) is 32.1. The van der Waals surface area contributed by atoms with Crippen molar-refractivity contribution in [2.75, 3.05) is 6.61 Å². The van der Waals surface area contributed by atoms with Gasteiger partial charge in [0.05, 0.1) is 31.9 Å². The lowest BCUT2D eigenvalue weighted by Gasteiger charge is -2.44. The molecule has 0 unspecified atom stereocenters. The summed E-state index contributed by atoms with van der Waals surface area (Å²) in [7, 11) is -3.07. The van der Waals surface area contributed by atoms with Crippen LogP contribution in [0.3, 0.4) is 0 Å². The number of ether oxygens (including phenoxy) is 3. The Bertz CT molecular complexity index is 1930. The largest absolute Gasteiger partial charge is 0.445 e. The average molecular weight is 754 g/mol. The SMILES string of the molecule is CC(=O)/C=C/[C@H]1[C@@H](OCc2ccccc2)[C@H](OCc2ccccc2)[C@@H](CO[Si](c2ccccc2)(c2ccccc2)C(C)(C)C)N1C(=O)OCc1ccccc1. The Morgan fingerprint density at radius 3 is 1.47 bits per heavy atom. The van der Waals surface area contributed by atoms with Gasteiger partial charge in [-0.15, -0.1) is 0 Å². The molecule has 6 rings (SSSR count). The second-order valence-electron chi connectivity index (χ2n) is 15.0. The first-order valence-electron chi connectivity index (χ1n) is 18.9. The molecule has 4 atom stereocenters. The number of carbonyl (C=O) groups excluding carboxylic acids is 2. The molecule has 8 heteroatoms. The number of allylic oxidation sites excluding steroid dienone is 1. The standard InChI is InChI=1S/C47H51NO6Si/c1-36(49)30-31-42-44(51-32-37-20-10-5-11-21-37)45(52-33-38-22-12-6-13-23-38)43(48(42)46(50)53-34-39-24-14-7-15-25-39)35-54-55(47(2,3)4,40-26-16-8-17-27-40)41-28-18-9-19-29-41/h5-31,42-45H,32-35H2,1-4H3/b31-30+/t42-,43+,44+,45+/m0/s1. The highest BCUT2D eigenvalue weighted by Gasteiger charge is 2.56. The van der Waals surface area contributed by atoms with Gasteiger partial charge in [0, 0.05) is 0 Å². The maximum atomic E-state index is 14.6. The van der Waals surface area contributed by atoms with E-state index in [1.54, 1.807) is 11.0 Å². The highest BCUT2D eigenvalue weighted by atomic mass is 28.4. The zero-order chi connectivity index (χ0) is 38.7. The van der Waals surface area contributed by atoms with E-state index in [0.717, 1.165) is 27.1 Å². The van der Waals surface area contributed by atoms with Crippen molar-refractivity contribution in [3.8, 4) is 0 Å². The molecule has 55 heavy (non-hydrogen) atoms. The van der Waals surface area contributed by atoms with Gasteiger partial charge in [-0.2, -0.15) is 0 Å². The molecule has 284 valence electrons. The van der Waals surface area contributed by atoms with Crippen LogP contribution in [0.1, 0.15) is 44.4 Å². The van der Waals surface area contributed by atoms with Gasteiger partial charge in [-0.1, -0.05) is 179 Å². The summed E-state index contributed by atoms with van der Waals surface area (Å²) in [6, 6.07) is 49.0. The normalized spacial score (nSPS) is 18.7. The minimum atomic E-state index is -3.07. The number of carbonyl (C=O) groups is 2. The Morgan fingerprint density at radius 1 is 0.618 bits per heavy atom. The van der Waals surface area contributed by atoms with Gasteiger partial charge in [-0.3, -0.25) is 9.69 Å². The molecule has 1 saturated heterocycles. The summed E-state index contributed by atoms with van der Waals surface area (Å²) >= 11 is 0. The molecule has 5 aromatic carbocycles. The predicted octanol–water partition coefficient (Wildman–Crippen LogP) is 8.27. The van der Waals surface area contributed by atoms with Crippen molar-refractivity contribution in [3.05, 3.63) is 181 Å². The predicted molar refractivity (Wildman–Crippen MR) is 219 cm³/mol. The number of nitrogens with zero attached hydrogens (tertiary/aromatic N) is 1. The summed E-state index contributed by atoms with van der Waals surface area (Å²) in [5, 5.41) is 1.93. The highest BCUT2D eigenvalue weighted by molar-refractivity contribution is 6.99. The van der Waals surface area contributed by atoms with E-state index in [1.165, 1.54) is 13.0 Å². The summed E-state index contributed by atoms with van der Waals surface area (Å²) in [6.45, 7) is 8.94. The van der Waals surface area contributed by atoms with Crippen LogP contribution in [0.5, 0.6) is 0 Å². The van der Waals surface area contributed by atoms with Gasteiger partial charge in [-0.25, -0.2) is 4.79 Å². The molecule has 0 radical (unpaired) electrons. The Balaban J connectivity index is 1.46. The van der Waals surface area contributed by atoms with E-state index < -0.39 is 38.7 Å². The number of rotatable bonds is 15. The molecule has 0 N–H and O–H groups in total. The first kappa shape index (κ1) is 39.6.